The van der Waals surface area contributed by atoms with Gasteiger partial charge in [-0.25, -0.2) is 8.42 Å². The summed E-state index contributed by atoms with van der Waals surface area (Å²) in [5.74, 6) is 0.718. The van der Waals surface area contributed by atoms with Crippen LogP contribution in [0.5, 0.6) is 11.5 Å². The van der Waals surface area contributed by atoms with E-state index in [0.29, 0.717) is 25.3 Å². The van der Waals surface area contributed by atoms with Crippen molar-refractivity contribution >= 4 is 15.9 Å². The zero-order valence-corrected chi connectivity index (χ0v) is 18.2. The van der Waals surface area contributed by atoms with Gasteiger partial charge in [-0.3, -0.25) is 4.79 Å². The highest BCUT2D eigenvalue weighted by atomic mass is 32.2. The number of rotatable bonds is 5. The molecule has 8 heteroatoms. The molecule has 1 aliphatic heterocycles. The number of amides is 1. The average molecular weight is 428 g/mol. The van der Waals surface area contributed by atoms with Gasteiger partial charge >= 0.3 is 0 Å². The molecule has 0 spiro atoms. The van der Waals surface area contributed by atoms with Gasteiger partial charge in [0.1, 0.15) is 16.4 Å². The molecule has 1 amide bonds. The van der Waals surface area contributed by atoms with Crippen molar-refractivity contribution in [1.29, 1.82) is 5.26 Å². The fourth-order valence-electron chi connectivity index (χ4n) is 3.52. The molecule has 0 aliphatic carbocycles. The maximum absolute atomic E-state index is 13.4. The van der Waals surface area contributed by atoms with Crippen molar-refractivity contribution in [3.05, 3.63) is 53.1 Å². The zero-order chi connectivity index (χ0) is 21.9. The summed E-state index contributed by atoms with van der Waals surface area (Å²) >= 11 is 0. The van der Waals surface area contributed by atoms with Crippen LogP contribution in [-0.2, 0) is 14.8 Å². The predicted octanol–water partition coefficient (Wildman–Crippen LogP) is 3.21. The number of hydrogen-bond acceptors (Lipinski definition) is 5. The first-order chi connectivity index (χ1) is 14.2. The monoisotopic (exact) mass is 427 g/mol. The number of ether oxygens (including phenoxy) is 1. The van der Waals surface area contributed by atoms with Crippen LogP contribution >= 0.6 is 0 Å². The molecule has 158 valence electrons. The van der Waals surface area contributed by atoms with Gasteiger partial charge in [-0.2, -0.15) is 9.57 Å². The van der Waals surface area contributed by atoms with Crippen LogP contribution in [0.2, 0.25) is 0 Å². The number of nitrogens with zero attached hydrogens (tertiary/aromatic N) is 3. The second kappa shape index (κ2) is 8.86. The van der Waals surface area contributed by atoms with Crippen molar-refractivity contribution in [2.75, 3.05) is 26.2 Å². The third-order valence-corrected chi connectivity index (χ3v) is 6.93. The smallest absolute Gasteiger partial charge is 0.246 e. The predicted molar refractivity (Wildman–Crippen MR) is 113 cm³/mol. The second-order valence-electron chi connectivity index (χ2n) is 7.34. The van der Waals surface area contributed by atoms with Crippen molar-refractivity contribution < 1.29 is 17.9 Å². The summed E-state index contributed by atoms with van der Waals surface area (Å²) in [6, 6.07) is 12.0. The summed E-state index contributed by atoms with van der Waals surface area (Å²) in [4.78, 5) is 13.5. The third-order valence-electron chi connectivity index (χ3n) is 5.01. The minimum absolute atomic E-state index is 0.0114. The Kier molecular flexibility index (Phi) is 6.44. The van der Waals surface area contributed by atoms with Gasteiger partial charge in [0.2, 0.25) is 15.9 Å². The van der Waals surface area contributed by atoms with Gasteiger partial charge in [-0.1, -0.05) is 13.0 Å². The van der Waals surface area contributed by atoms with Crippen LogP contribution in [0.25, 0.3) is 0 Å². The molecular weight excluding hydrogens is 402 g/mol. The first kappa shape index (κ1) is 21.8. The molecule has 0 saturated carbocycles. The van der Waals surface area contributed by atoms with Crippen molar-refractivity contribution in [2.24, 2.45) is 0 Å². The van der Waals surface area contributed by atoms with E-state index in [4.69, 9.17) is 4.74 Å². The fourth-order valence-corrected chi connectivity index (χ4v) is 5.08. The first-order valence-corrected chi connectivity index (χ1v) is 11.3. The summed E-state index contributed by atoms with van der Waals surface area (Å²) in [6.07, 6.45) is 0.394. The Morgan fingerprint density at radius 2 is 1.70 bits per heavy atom. The fraction of sp³-hybridized carbons (Fsp3) is 0.364. The Bertz CT molecular complexity index is 1080. The molecule has 2 aromatic carbocycles. The number of sulfonamides is 1. The van der Waals surface area contributed by atoms with Gasteiger partial charge in [0.25, 0.3) is 0 Å². The number of hydrogen-bond donors (Lipinski definition) is 0. The van der Waals surface area contributed by atoms with Crippen LogP contribution in [-0.4, -0.2) is 49.7 Å². The number of carbonyl (C=O) groups excluding carboxylic acids is 1. The Morgan fingerprint density at radius 3 is 2.27 bits per heavy atom. The highest BCUT2D eigenvalue weighted by molar-refractivity contribution is 7.89. The standard InChI is InChI=1S/C22H25N3O4S/c1-4-22(26)24-7-9-25(10-8-24)30(27,28)21-14-18(15-23)5-6-20(21)29-19-12-16(2)11-17(3)13-19/h5-6,11-14H,4,7-10H2,1-3H3. The summed E-state index contributed by atoms with van der Waals surface area (Å²) < 4.78 is 34.0. The molecule has 7 nitrogen and oxygen atoms in total. The minimum Gasteiger partial charge on any atom is -0.456 e. The lowest BCUT2D eigenvalue weighted by Gasteiger charge is -2.34. The molecular formula is C22H25N3O4S. The SMILES string of the molecule is CCC(=O)N1CCN(S(=O)(=O)c2cc(C#N)ccc2Oc2cc(C)cc(C)c2)CC1. The molecule has 0 unspecified atom stereocenters. The Hall–Kier alpha value is -2.89. The molecule has 0 bridgehead atoms. The number of piperazine rings is 1. The third kappa shape index (κ3) is 4.64. The molecule has 3 rings (SSSR count). The van der Waals surface area contributed by atoms with Gasteiger partial charge in [-0.15, -0.1) is 0 Å². The van der Waals surface area contributed by atoms with Gasteiger partial charge in [0.05, 0.1) is 11.6 Å². The largest absolute Gasteiger partial charge is 0.456 e. The van der Waals surface area contributed by atoms with Crippen LogP contribution in [0, 0.1) is 25.2 Å². The molecule has 0 radical (unpaired) electrons. The average Bonchev–Trinajstić information content (AvgIpc) is 2.72. The van der Waals surface area contributed by atoms with Crippen LogP contribution in [0.3, 0.4) is 0 Å². The Balaban J connectivity index is 1.93. The second-order valence-corrected chi connectivity index (χ2v) is 9.24. The normalized spacial score (nSPS) is 14.9. The van der Waals surface area contributed by atoms with Gasteiger partial charge < -0.3 is 9.64 Å². The summed E-state index contributed by atoms with van der Waals surface area (Å²) in [5.41, 5.74) is 2.24. The van der Waals surface area contributed by atoms with E-state index in [1.165, 1.54) is 22.5 Å². The summed E-state index contributed by atoms with van der Waals surface area (Å²) in [7, 11) is -3.90. The van der Waals surface area contributed by atoms with E-state index < -0.39 is 10.0 Å². The molecule has 1 aliphatic rings. The van der Waals surface area contributed by atoms with E-state index >= 15 is 0 Å². The number of carbonyl (C=O) groups is 1. The molecule has 0 atom stereocenters. The van der Waals surface area contributed by atoms with Gasteiger partial charge in [0, 0.05) is 32.6 Å². The van der Waals surface area contributed by atoms with Crippen molar-refractivity contribution in [3.63, 3.8) is 0 Å². The molecule has 1 fully saturated rings. The molecule has 30 heavy (non-hydrogen) atoms. The van der Waals surface area contributed by atoms with Crippen molar-refractivity contribution in [3.8, 4) is 17.6 Å². The van der Waals surface area contributed by atoms with E-state index in [1.54, 1.807) is 11.8 Å². The van der Waals surface area contributed by atoms with E-state index in [-0.39, 0.29) is 35.2 Å². The maximum Gasteiger partial charge on any atom is 0.246 e. The minimum atomic E-state index is -3.90. The highest BCUT2D eigenvalue weighted by Crippen LogP contribution is 2.33. The Labute approximate surface area is 177 Å². The van der Waals surface area contributed by atoms with Crippen molar-refractivity contribution in [2.45, 2.75) is 32.1 Å². The summed E-state index contributed by atoms with van der Waals surface area (Å²) in [5, 5.41) is 9.27. The quantitative estimate of drug-likeness (QED) is 0.731. The summed E-state index contributed by atoms with van der Waals surface area (Å²) in [6.45, 7) is 6.76. The van der Waals surface area contributed by atoms with Crippen LogP contribution in [0.15, 0.2) is 41.3 Å². The number of aryl methyl sites for hydroxylation is 2. The van der Waals surface area contributed by atoms with Crippen molar-refractivity contribution in [1.82, 2.24) is 9.21 Å². The van der Waals surface area contributed by atoms with E-state index in [9.17, 15) is 18.5 Å². The van der Waals surface area contributed by atoms with E-state index in [2.05, 4.69) is 0 Å². The number of benzene rings is 2. The molecule has 0 N–H and O–H groups in total. The number of nitriles is 1. The zero-order valence-electron chi connectivity index (χ0n) is 17.4. The van der Waals surface area contributed by atoms with Gasteiger partial charge in [0.15, 0.2) is 0 Å². The Morgan fingerprint density at radius 1 is 1.07 bits per heavy atom. The van der Waals surface area contributed by atoms with Crippen LogP contribution < -0.4 is 4.74 Å². The molecule has 2 aromatic rings. The van der Waals surface area contributed by atoms with Gasteiger partial charge in [-0.05, 0) is 55.3 Å². The molecule has 1 heterocycles. The van der Waals surface area contributed by atoms with E-state index in [1.807, 2.05) is 38.1 Å². The van der Waals surface area contributed by atoms with Crippen LogP contribution in [0.4, 0.5) is 0 Å². The van der Waals surface area contributed by atoms with Crippen LogP contribution in [0.1, 0.15) is 30.0 Å². The topological polar surface area (TPSA) is 90.7 Å². The lowest BCUT2D eigenvalue weighted by Crippen LogP contribution is -2.50. The highest BCUT2D eigenvalue weighted by Gasteiger charge is 2.32. The molecule has 0 aromatic heterocycles. The lowest BCUT2D eigenvalue weighted by molar-refractivity contribution is -0.132. The lowest BCUT2D eigenvalue weighted by atomic mass is 10.1. The first-order valence-electron chi connectivity index (χ1n) is 9.83. The molecule has 1 saturated heterocycles. The maximum atomic E-state index is 13.4. The van der Waals surface area contributed by atoms with E-state index in [0.717, 1.165) is 11.1 Å².